The summed E-state index contributed by atoms with van der Waals surface area (Å²) in [5.41, 5.74) is 13.4. The summed E-state index contributed by atoms with van der Waals surface area (Å²) in [5, 5.41) is 0.876. The Labute approximate surface area is 99.0 Å². The number of benzene rings is 1. The Morgan fingerprint density at radius 1 is 1.41 bits per heavy atom. The van der Waals surface area contributed by atoms with Gasteiger partial charge in [0.25, 0.3) is 0 Å². The molecule has 88 valence electrons. The van der Waals surface area contributed by atoms with Crippen LogP contribution in [0, 0.1) is 0 Å². The van der Waals surface area contributed by atoms with Crippen LogP contribution in [0.5, 0.6) is 0 Å². The molecule has 0 aliphatic heterocycles. The first-order valence-electron chi connectivity index (χ1n) is 5.22. The van der Waals surface area contributed by atoms with Crippen LogP contribution in [0.3, 0.4) is 0 Å². The van der Waals surface area contributed by atoms with Gasteiger partial charge in [-0.3, -0.25) is 9.78 Å². The van der Waals surface area contributed by atoms with Gasteiger partial charge in [-0.2, -0.15) is 0 Å². The van der Waals surface area contributed by atoms with Crippen molar-refractivity contribution in [3.8, 4) is 0 Å². The summed E-state index contributed by atoms with van der Waals surface area (Å²) < 4.78 is 0. The van der Waals surface area contributed by atoms with E-state index in [1.165, 1.54) is 0 Å². The first-order valence-corrected chi connectivity index (χ1v) is 5.22. The number of fused-ring (bicyclic) bond motifs is 1. The van der Waals surface area contributed by atoms with Gasteiger partial charge in [-0.15, -0.1) is 0 Å². The Bertz CT molecular complexity index is 567. The summed E-state index contributed by atoms with van der Waals surface area (Å²) in [6.07, 6.45) is 1.72. The van der Waals surface area contributed by atoms with Gasteiger partial charge in [-0.1, -0.05) is 0 Å². The van der Waals surface area contributed by atoms with Gasteiger partial charge < -0.3 is 16.4 Å². The smallest absolute Gasteiger partial charge is 0.236 e. The van der Waals surface area contributed by atoms with E-state index in [2.05, 4.69) is 4.98 Å². The van der Waals surface area contributed by atoms with Gasteiger partial charge in [0, 0.05) is 18.6 Å². The highest BCUT2D eigenvalue weighted by Crippen LogP contribution is 2.29. The van der Waals surface area contributed by atoms with Gasteiger partial charge in [0.15, 0.2) is 0 Å². The minimum absolute atomic E-state index is 0.135. The standard InChI is InChI=1S/C12H14N4O/c1-16(7-11(13)17)10-5-4-9-8(12(10)14)3-2-6-15-9/h2-6H,7,14H2,1H3,(H2,13,17). The number of amides is 1. The van der Waals surface area contributed by atoms with Crippen molar-refractivity contribution in [2.45, 2.75) is 0 Å². The fraction of sp³-hybridized carbons (Fsp3) is 0.167. The molecule has 0 spiro atoms. The van der Waals surface area contributed by atoms with E-state index in [0.29, 0.717) is 5.69 Å². The average Bonchev–Trinajstić information content (AvgIpc) is 2.28. The van der Waals surface area contributed by atoms with Crippen molar-refractivity contribution >= 4 is 28.2 Å². The molecular formula is C12H14N4O. The van der Waals surface area contributed by atoms with Crippen LogP contribution in [0.1, 0.15) is 0 Å². The second-order valence-electron chi connectivity index (χ2n) is 3.89. The normalized spacial score (nSPS) is 10.4. The molecule has 0 aliphatic rings. The second kappa shape index (κ2) is 4.29. The first-order chi connectivity index (χ1) is 8.09. The summed E-state index contributed by atoms with van der Waals surface area (Å²) in [5.74, 6) is -0.391. The quantitative estimate of drug-likeness (QED) is 0.761. The van der Waals surface area contributed by atoms with Crippen LogP contribution in [0.25, 0.3) is 10.9 Å². The zero-order valence-corrected chi connectivity index (χ0v) is 9.55. The van der Waals surface area contributed by atoms with Crippen molar-refractivity contribution in [1.29, 1.82) is 0 Å². The number of nitrogen functional groups attached to an aromatic ring is 1. The molecule has 1 aromatic carbocycles. The van der Waals surface area contributed by atoms with Crippen molar-refractivity contribution in [2.24, 2.45) is 5.73 Å². The van der Waals surface area contributed by atoms with E-state index in [9.17, 15) is 4.79 Å². The number of aromatic nitrogens is 1. The van der Waals surface area contributed by atoms with Crippen molar-refractivity contribution in [2.75, 3.05) is 24.2 Å². The molecule has 1 aromatic heterocycles. The summed E-state index contributed by atoms with van der Waals surface area (Å²) in [6, 6.07) is 7.45. The van der Waals surface area contributed by atoms with Gasteiger partial charge in [-0.05, 0) is 24.3 Å². The molecule has 5 nitrogen and oxygen atoms in total. The van der Waals surface area contributed by atoms with Crippen molar-refractivity contribution in [3.63, 3.8) is 0 Å². The predicted molar refractivity (Wildman–Crippen MR) is 68.6 cm³/mol. The van der Waals surface area contributed by atoms with E-state index in [-0.39, 0.29) is 6.54 Å². The number of anilines is 2. The van der Waals surface area contributed by atoms with Crippen LogP contribution < -0.4 is 16.4 Å². The van der Waals surface area contributed by atoms with Gasteiger partial charge >= 0.3 is 0 Å². The van der Waals surface area contributed by atoms with E-state index in [0.717, 1.165) is 16.6 Å². The van der Waals surface area contributed by atoms with Crippen LogP contribution in [0.4, 0.5) is 11.4 Å². The summed E-state index contributed by atoms with van der Waals surface area (Å²) >= 11 is 0. The molecular weight excluding hydrogens is 216 g/mol. The number of hydrogen-bond acceptors (Lipinski definition) is 4. The molecule has 0 atom stereocenters. The number of primary amides is 1. The van der Waals surface area contributed by atoms with Crippen molar-refractivity contribution in [1.82, 2.24) is 4.98 Å². The van der Waals surface area contributed by atoms with Gasteiger partial charge in [0.2, 0.25) is 5.91 Å². The SMILES string of the molecule is CN(CC(N)=O)c1ccc2ncccc2c1N. The van der Waals surface area contributed by atoms with Gasteiger partial charge in [-0.25, -0.2) is 0 Å². The van der Waals surface area contributed by atoms with Crippen LogP contribution in [-0.4, -0.2) is 24.5 Å². The minimum atomic E-state index is -0.391. The minimum Gasteiger partial charge on any atom is -0.396 e. The second-order valence-corrected chi connectivity index (χ2v) is 3.89. The first kappa shape index (κ1) is 11.2. The van der Waals surface area contributed by atoms with Crippen LogP contribution in [-0.2, 0) is 4.79 Å². The zero-order valence-electron chi connectivity index (χ0n) is 9.55. The van der Waals surface area contributed by atoms with E-state index in [4.69, 9.17) is 11.5 Å². The Balaban J connectivity index is 2.48. The summed E-state index contributed by atoms with van der Waals surface area (Å²) in [6.45, 7) is 0.135. The molecule has 1 amide bonds. The average molecular weight is 230 g/mol. The zero-order chi connectivity index (χ0) is 12.4. The molecule has 4 N–H and O–H groups in total. The predicted octanol–water partition coefficient (Wildman–Crippen LogP) is 0.738. The Morgan fingerprint density at radius 2 is 2.18 bits per heavy atom. The molecule has 0 aliphatic carbocycles. The molecule has 2 aromatic rings. The molecule has 5 heteroatoms. The Morgan fingerprint density at radius 3 is 2.88 bits per heavy atom. The third-order valence-electron chi connectivity index (χ3n) is 2.61. The molecule has 0 saturated carbocycles. The van der Waals surface area contributed by atoms with Crippen LogP contribution in [0.2, 0.25) is 0 Å². The lowest BCUT2D eigenvalue weighted by atomic mass is 10.1. The number of carbonyl (C=O) groups is 1. The van der Waals surface area contributed by atoms with E-state index in [1.54, 1.807) is 18.1 Å². The molecule has 1 heterocycles. The number of nitrogens with two attached hydrogens (primary N) is 2. The maximum Gasteiger partial charge on any atom is 0.236 e. The topological polar surface area (TPSA) is 85.2 Å². The highest BCUT2D eigenvalue weighted by atomic mass is 16.1. The van der Waals surface area contributed by atoms with Gasteiger partial charge in [0.05, 0.1) is 23.4 Å². The lowest BCUT2D eigenvalue weighted by molar-refractivity contribution is -0.116. The Kier molecular flexibility index (Phi) is 2.82. The fourth-order valence-corrected chi connectivity index (χ4v) is 1.82. The Hall–Kier alpha value is -2.30. The van der Waals surface area contributed by atoms with Crippen molar-refractivity contribution < 1.29 is 4.79 Å². The monoisotopic (exact) mass is 230 g/mol. The van der Waals surface area contributed by atoms with Gasteiger partial charge in [0.1, 0.15) is 0 Å². The number of likely N-dealkylation sites (N-methyl/N-ethyl adjacent to an activating group) is 1. The molecule has 2 rings (SSSR count). The molecule has 0 radical (unpaired) electrons. The third-order valence-corrected chi connectivity index (χ3v) is 2.61. The highest BCUT2D eigenvalue weighted by molar-refractivity contribution is 5.97. The highest BCUT2D eigenvalue weighted by Gasteiger charge is 2.10. The largest absolute Gasteiger partial charge is 0.396 e. The molecule has 0 bridgehead atoms. The lowest BCUT2D eigenvalue weighted by Gasteiger charge is -2.20. The number of rotatable bonds is 3. The molecule has 0 saturated heterocycles. The molecule has 0 unspecified atom stereocenters. The number of nitrogens with zero attached hydrogens (tertiary/aromatic N) is 2. The number of hydrogen-bond donors (Lipinski definition) is 2. The fourth-order valence-electron chi connectivity index (χ4n) is 1.82. The summed E-state index contributed by atoms with van der Waals surface area (Å²) in [7, 11) is 1.78. The maximum atomic E-state index is 10.9. The molecule has 17 heavy (non-hydrogen) atoms. The summed E-state index contributed by atoms with van der Waals surface area (Å²) in [4.78, 5) is 16.8. The maximum absolute atomic E-state index is 10.9. The third kappa shape index (κ3) is 2.13. The number of carbonyl (C=O) groups excluding carboxylic acids is 1. The number of pyridine rings is 1. The van der Waals surface area contributed by atoms with Crippen molar-refractivity contribution in [3.05, 3.63) is 30.5 Å². The lowest BCUT2D eigenvalue weighted by Crippen LogP contribution is -2.30. The molecule has 0 fully saturated rings. The van der Waals surface area contributed by atoms with Crippen LogP contribution >= 0.6 is 0 Å². The van der Waals surface area contributed by atoms with E-state index < -0.39 is 5.91 Å². The van der Waals surface area contributed by atoms with Crippen LogP contribution in [0.15, 0.2) is 30.5 Å². The van der Waals surface area contributed by atoms with E-state index in [1.807, 2.05) is 24.3 Å². The van der Waals surface area contributed by atoms with E-state index >= 15 is 0 Å².